The third kappa shape index (κ3) is 4.59. The molecule has 3 rings (SSSR count). The van der Waals surface area contributed by atoms with Crippen molar-refractivity contribution in [3.8, 4) is 5.75 Å². The SMILES string of the molecule is O=C(COc1ccc([N+](=O)[O-])cc1C(=O)c1ccccc1)Nc1ccccc1. The van der Waals surface area contributed by atoms with Gasteiger partial charge in [-0.05, 0) is 18.2 Å². The van der Waals surface area contributed by atoms with Crippen molar-refractivity contribution in [3.63, 3.8) is 0 Å². The van der Waals surface area contributed by atoms with Crippen LogP contribution in [0, 0.1) is 10.1 Å². The van der Waals surface area contributed by atoms with Crippen molar-refractivity contribution in [1.82, 2.24) is 0 Å². The molecule has 0 aliphatic rings. The molecule has 7 nitrogen and oxygen atoms in total. The summed E-state index contributed by atoms with van der Waals surface area (Å²) in [6.07, 6.45) is 0. The van der Waals surface area contributed by atoms with Crippen LogP contribution in [0.3, 0.4) is 0 Å². The molecular weight excluding hydrogens is 360 g/mol. The Balaban J connectivity index is 1.81. The van der Waals surface area contributed by atoms with Gasteiger partial charge in [0.2, 0.25) is 0 Å². The van der Waals surface area contributed by atoms with Crippen LogP contribution < -0.4 is 10.1 Å². The second-order valence-corrected chi connectivity index (χ2v) is 5.84. The highest BCUT2D eigenvalue weighted by Gasteiger charge is 2.20. The molecule has 28 heavy (non-hydrogen) atoms. The number of nitrogens with one attached hydrogen (secondary N) is 1. The number of nitro benzene ring substituents is 1. The van der Waals surface area contributed by atoms with Crippen molar-refractivity contribution in [1.29, 1.82) is 0 Å². The molecule has 0 aliphatic heterocycles. The maximum atomic E-state index is 12.8. The van der Waals surface area contributed by atoms with E-state index in [2.05, 4.69) is 5.32 Å². The summed E-state index contributed by atoms with van der Waals surface area (Å²) in [4.78, 5) is 35.3. The molecule has 0 saturated carbocycles. The van der Waals surface area contributed by atoms with Gasteiger partial charge in [-0.25, -0.2) is 0 Å². The number of carbonyl (C=O) groups excluding carboxylic acids is 2. The highest BCUT2D eigenvalue weighted by molar-refractivity contribution is 6.11. The number of benzene rings is 3. The lowest BCUT2D eigenvalue weighted by Gasteiger charge is -2.11. The number of amides is 1. The largest absolute Gasteiger partial charge is 0.483 e. The molecule has 0 atom stereocenters. The molecule has 1 amide bonds. The number of anilines is 1. The summed E-state index contributed by atoms with van der Waals surface area (Å²) in [6.45, 7) is -0.345. The zero-order valence-electron chi connectivity index (χ0n) is 14.7. The number of non-ortho nitro benzene ring substituents is 1. The summed E-state index contributed by atoms with van der Waals surface area (Å²) in [5.41, 5.74) is 0.759. The van der Waals surface area contributed by atoms with Crippen LogP contribution in [0.25, 0.3) is 0 Å². The van der Waals surface area contributed by atoms with Gasteiger partial charge in [0.15, 0.2) is 12.4 Å². The van der Waals surface area contributed by atoms with Crippen LogP contribution in [0.1, 0.15) is 15.9 Å². The van der Waals surface area contributed by atoms with Gasteiger partial charge in [-0.1, -0.05) is 48.5 Å². The number of para-hydroxylation sites is 1. The molecule has 3 aromatic carbocycles. The lowest BCUT2D eigenvalue weighted by Crippen LogP contribution is -2.21. The van der Waals surface area contributed by atoms with Crippen LogP contribution >= 0.6 is 0 Å². The van der Waals surface area contributed by atoms with Gasteiger partial charge in [-0.2, -0.15) is 0 Å². The third-order valence-corrected chi connectivity index (χ3v) is 3.87. The summed E-state index contributed by atoms with van der Waals surface area (Å²) < 4.78 is 5.49. The van der Waals surface area contributed by atoms with E-state index < -0.39 is 16.6 Å². The molecule has 0 aromatic heterocycles. The summed E-state index contributed by atoms with van der Waals surface area (Å²) in [5, 5.41) is 13.7. The predicted molar refractivity (Wildman–Crippen MR) is 104 cm³/mol. The van der Waals surface area contributed by atoms with Crippen molar-refractivity contribution in [2.75, 3.05) is 11.9 Å². The number of nitro groups is 1. The Bertz CT molecular complexity index is 1000. The summed E-state index contributed by atoms with van der Waals surface area (Å²) >= 11 is 0. The van der Waals surface area contributed by atoms with Gasteiger partial charge in [0.1, 0.15) is 5.75 Å². The number of carbonyl (C=O) groups is 2. The fourth-order valence-electron chi connectivity index (χ4n) is 2.54. The van der Waals surface area contributed by atoms with Crippen molar-refractivity contribution >= 4 is 23.1 Å². The third-order valence-electron chi connectivity index (χ3n) is 3.87. The highest BCUT2D eigenvalue weighted by atomic mass is 16.6. The summed E-state index contributed by atoms with van der Waals surface area (Å²) in [7, 11) is 0. The van der Waals surface area contributed by atoms with Crippen LogP contribution in [0.5, 0.6) is 5.75 Å². The predicted octanol–water partition coefficient (Wildman–Crippen LogP) is 3.84. The van der Waals surface area contributed by atoms with Crippen LogP contribution in [0.15, 0.2) is 78.9 Å². The van der Waals surface area contributed by atoms with E-state index in [0.29, 0.717) is 11.3 Å². The van der Waals surface area contributed by atoms with E-state index in [1.807, 2.05) is 6.07 Å². The second kappa shape index (κ2) is 8.59. The molecule has 0 fully saturated rings. The van der Waals surface area contributed by atoms with E-state index in [4.69, 9.17) is 4.74 Å². The van der Waals surface area contributed by atoms with Crippen molar-refractivity contribution in [2.24, 2.45) is 0 Å². The first-order chi connectivity index (χ1) is 13.5. The molecular formula is C21H16N2O5. The maximum absolute atomic E-state index is 12.8. The van der Waals surface area contributed by atoms with E-state index in [0.717, 1.165) is 6.07 Å². The minimum absolute atomic E-state index is 0.0212. The van der Waals surface area contributed by atoms with E-state index in [9.17, 15) is 19.7 Å². The van der Waals surface area contributed by atoms with Gasteiger partial charge in [0.25, 0.3) is 11.6 Å². The average molecular weight is 376 g/mol. The number of hydrogen-bond donors (Lipinski definition) is 1. The molecule has 0 spiro atoms. The quantitative estimate of drug-likeness (QED) is 0.384. The lowest BCUT2D eigenvalue weighted by atomic mass is 10.0. The molecule has 1 N–H and O–H groups in total. The van der Waals surface area contributed by atoms with E-state index in [1.165, 1.54) is 12.1 Å². The Morgan fingerprint density at radius 2 is 1.57 bits per heavy atom. The minimum atomic E-state index is -0.590. The van der Waals surface area contributed by atoms with Gasteiger partial charge >= 0.3 is 0 Å². The Morgan fingerprint density at radius 1 is 0.929 bits per heavy atom. The van der Waals surface area contributed by atoms with Crippen LogP contribution in [-0.4, -0.2) is 23.2 Å². The molecule has 3 aromatic rings. The van der Waals surface area contributed by atoms with E-state index >= 15 is 0 Å². The first kappa shape index (κ1) is 18.8. The van der Waals surface area contributed by atoms with E-state index in [-0.39, 0.29) is 23.6 Å². The molecule has 0 saturated heterocycles. The summed E-state index contributed by atoms with van der Waals surface area (Å²) in [5.74, 6) is -0.743. The van der Waals surface area contributed by atoms with Gasteiger partial charge in [-0.3, -0.25) is 19.7 Å². The number of ether oxygens (including phenoxy) is 1. The standard InChI is InChI=1S/C21H16N2O5/c24-20(22-16-9-5-2-6-10-16)14-28-19-12-11-17(23(26)27)13-18(19)21(25)15-7-3-1-4-8-15/h1-13H,14H2,(H,22,24). The number of ketones is 1. The fraction of sp³-hybridized carbons (Fsp3) is 0.0476. The summed E-state index contributed by atoms with van der Waals surface area (Å²) in [6, 6.07) is 20.9. The van der Waals surface area contributed by atoms with Crippen molar-refractivity contribution in [3.05, 3.63) is 100 Å². The maximum Gasteiger partial charge on any atom is 0.270 e. The Kier molecular flexibility index (Phi) is 5.76. The normalized spacial score (nSPS) is 10.1. The van der Waals surface area contributed by atoms with Gasteiger partial charge in [-0.15, -0.1) is 0 Å². The number of hydrogen-bond acceptors (Lipinski definition) is 5. The molecule has 0 aliphatic carbocycles. The molecule has 0 unspecified atom stereocenters. The Morgan fingerprint density at radius 3 is 2.21 bits per heavy atom. The van der Waals surface area contributed by atoms with E-state index in [1.54, 1.807) is 54.6 Å². The van der Waals surface area contributed by atoms with Gasteiger partial charge in [0, 0.05) is 23.4 Å². The van der Waals surface area contributed by atoms with Crippen molar-refractivity contribution in [2.45, 2.75) is 0 Å². The number of rotatable bonds is 7. The lowest BCUT2D eigenvalue weighted by molar-refractivity contribution is -0.384. The van der Waals surface area contributed by atoms with Gasteiger partial charge < -0.3 is 10.1 Å². The Labute approximate surface area is 160 Å². The van der Waals surface area contributed by atoms with Crippen LogP contribution in [-0.2, 0) is 4.79 Å². The molecule has 0 radical (unpaired) electrons. The van der Waals surface area contributed by atoms with Crippen molar-refractivity contribution < 1.29 is 19.2 Å². The minimum Gasteiger partial charge on any atom is -0.483 e. The first-order valence-corrected chi connectivity index (χ1v) is 8.40. The van der Waals surface area contributed by atoms with Crippen LogP contribution in [0.2, 0.25) is 0 Å². The molecule has 7 heteroatoms. The zero-order chi connectivity index (χ0) is 19.9. The van der Waals surface area contributed by atoms with Gasteiger partial charge in [0.05, 0.1) is 10.5 Å². The molecule has 0 heterocycles. The smallest absolute Gasteiger partial charge is 0.270 e. The Hall–Kier alpha value is -4.00. The zero-order valence-corrected chi connectivity index (χ0v) is 14.7. The van der Waals surface area contributed by atoms with Crippen LogP contribution in [0.4, 0.5) is 11.4 Å². The topological polar surface area (TPSA) is 98.5 Å². The molecule has 140 valence electrons. The first-order valence-electron chi connectivity index (χ1n) is 8.40. The highest BCUT2D eigenvalue weighted by Crippen LogP contribution is 2.27. The fourth-order valence-corrected chi connectivity index (χ4v) is 2.54. The molecule has 0 bridgehead atoms. The average Bonchev–Trinajstić information content (AvgIpc) is 2.73. The number of nitrogens with zero attached hydrogens (tertiary/aromatic N) is 1. The second-order valence-electron chi connectivity index (χ2n) is 5.84. The monoisotopic (exact) mass is 376 g/mol.